The highest BCUT2D eigenvalue weighted by Gasteiger charge is 2.22. The molecule has 170 valence electrons. The van der Waals surface area contributed by atoms with Crippen LogP contribution in [0.1, 0.15) is 51.8 Å². The summed E-state index contributed by atoms with van der Waals surface area (Å²) in [4.78, 5) is 22.9. The average molecular weight is 433 g/mol. The molecule has 5 heteroatoms. The van der Waals surface area contributed by atoms with E-state index < -0.39 is 0 Å². The molecule has 0 aliphatic carbocycles. The Morgan fingerprint density at radius 3 is 2.38 bits per heavy atom. The molecular weight excluding hydrogens is 396 g/mol. The van der Waals surface area contributed by atoms with Gasteiger partial charge in [-0.15, -0.1) is 0 Å². The van der Waals surface area contributed by atoms with Crippen LogP contribution in [-0.2, 0) is 17.8 Å². The SMILES string of the molecule is CC(C)N(C(=O)Cn1c(CCCN2CCCCCC2)nc2ccccc21)c1ccccc1. The zero-order valence-electron chi connectivity index (χ0n) is 19.5. The molecule has 0 atom stereocenters. The van der Waals surface area contributed by atoms with Crippen LogP contribution < -0.4 is 4.90 Å². The number of anilines is 1. The summed E-state index contributed by atoms with van der Waals surface area (Å²) in [6.45, 7) is 7.99. The maximum Gasteiger partial charge on any atom is 0.247 e. The van der Waals surface area contributed by atoms with E-state index in [1.165, 1.54) is 38.8 Å². The van der Waals surface area contributed by atoms with Gasteiger partial charge >= 0.3 is 0 Å². The van der Waals surface area contributed by atoms with Gasteiger partial charge in [-0.25, -0.2) is 4.98 Å². The molecule has 0 N–H and O–H groups in total. The summed E-state index contributed by atoms with van der Waals surface area (Å²) in [6.07, 6.45) is 7.33. The van der Waals surface area contributed by atoms with Crippen molar-refractivity contribution in [3.8, 4) is 0 Å². The summed E-state index contributed by atoms with van der Waals surface area (Å²) in [7, 11) is 0. The van der Waals surface area contributed by atoms with Gasteiger partial charge in [0.15, 0.2) is 0 Å². The van der Waals surface area contributed by atoms with Crippen LogP contribution in [0, 0.1) is 0 Å². The Kier molecular flexibility index (Phi) is 7.59. The van der Waals surface area contributed by atoms with E-state index in [4.69, 9.17) is 4.98 Å². The van der Waals surface area contributed by atoms with E-state index in [2.05, 4.69) is 29.4 Å². The minimum absolute atomic E-state index is 0.0890. The number of carbonyl (C=O) groups excluding carboxylic acids is 1. The Hall–Kier alpha value is -2.66. The molecule has 3 aromatic rings. The minimum Gasteiger partial charge on any atom is -0.318 e. The number of benzene rings is 2. The molecule has 0 spiro atoms. The highest BCUT2D eigenvalue weighted by Crippen LogP contribution is 2.21. The van der Waals surface area contributed by atoms with Crippen molar-refractivity contribution in [2.75, 3.05) is 24.5 Å². The van der Waals surface area contributed by atoms with Gasteiger partial charge in [0, 0.05) is 18.2 Å². The second-order valence-electron chi connectivity index (χ2n) is 9.16. The Morgan fingerprint density at radius 1 is 0.969 bits per heavy atom. The predicted molar refractivity (Wildman–Crippen MR) is 132 cm³/mol. The summed E-state index contributed by atoms with van der Waals surface area (Å²) in [5.74, 6) is 1.12. The number of imidazole rings is 1. The van der Waals surface area contributed by atoms with Crippen LogP contribution >= 0.6 is 0 Å². The normalized spacial score (nSPS) is 15.2. The van der Waals surface area contributed by atoms with Crippen molar-refractivity contribution >= 4 is 22.6 Å². The molecule has 0 radical (unpaired) electrons. The maximum absolute atomic E-state index is 13.5. The van der Waals surface area contributed by atoms with E-state index >= 15 is 0 Å². The molecule has 0 unspecified atom stereocenters. The standard InChI is InChI=1S/C27H36N4O/c1-22(2)31(23-13-6-5-7-14-23)27(32)21-30-25-16-9-8-15-24(25)28-26(30)17-12-20-29-18-10-3-4-11-19-29/h5-9,13-16,22H,3-4,10-12,17-21H2,1-2H3. The van der Waals surface area contributed by atoms with Crippen LogP contribution in [0.4, 0.5) is 5.69 Å². The first-order chi connectivity index (χ1) is 15.6. The molecule has 1 aromatic heterocycles. The summed E-state index contributed by atoms with van der Waals surface area (Å²) < 4.78 is 2.14. The topological polar surface area (TPSA) is 41.4 Å². The number of hydrogen-bond acceptors (Lipinski definition) is 3. The second kappa shape index (κ2) is 10.8. The number of fused-ring (bicyclic) bond motifs is 1. The predicted octanol–water partition coefficient (Wildman–Crippen LogP) is 5.29. The fourth-order valence-electron chi connectivity index (χ4n) is 4.84. The Labute approximate surface area is 192 Å². The summed E-state index contributed by atoms with van der Waals surface area (Å²) in [5.41, 5.74) is 2.96. The Bertz CT molecular complexity index is 1000. The van der Waals surface area contributed by atoms with E-state index in [0.29, 0.717) is 6.54 Å². The zero-order chi connectivity index (χ0) is 22.3. The molecule has 0 bridgehead atoms. The van der Waals surface area contributed by atoms with Gasteiger partial charge in [-0.1, -0.05) is 43.2 Å². The number of aromatic nitrogens is 2. The van der Waals surface area contributed by atoms with E-state index in [1.807, 2.05) is 53.4 Å². The van der Waals surface area contributed by atoms with Crippen molar-refractivity contribution in [1.82, 2.24) is 14.5 Å². The smallest absolute Gasteiger partial charge is 0.247 e. The first kappa shape index (κ1) is 22.5. The van der Waals surface area contributed by atoms with Gasteiger partial charge in [0.25, 0.3) is 0 Å². The van der Waals surface area contributed by atoms with Crippen LogP contribution in [0.3, 0.4) is 0 Å². The van der Waals surface area contributed by atoms with E-state index in [-0.39, 0.29) is 11.9 Å². The number of rotatable bonds is 8. The lowest BCUT2D eigenvalue weighted by Gasteiger charge is -2.27. The molecule has 1 fully saturated rings. The molecular formula is C27H36N4O. The average Bonchev–Trinajstić information content (AvgIpc) is 2.95. The Morgan fingerprint density at radius 2 is 1.66 bits per heavy atom. The number of aryl methyl sites for hydroxylation is 1. The molecule has 5 nitrogen and oxygen atoms in total. The third-order valence-electron chi connectivity index (χ3n) is 6.42. The molecule has 2 heterocycles. The van der Waals surface area contributed by atoms with Crippen molar-refractivity contribution in [1.29, 1.82) is 0 Å². The number of nitrogens with zero attached hydrogens (tertiary/aromatic N) is 4. The summed E-state index contributed by atoms with van der Waals surface area (Å²) in [5, 5.41) is 0. The zero-order valence-corrected chi connectivity index (χ0v) is 19.5. The van der Waals surface area contributed by atoms with Crippen molar-refractivity contribution < 1.29 is 4.79 Å². The van der Waals surface area contributed by atoms with Crippen molar-refractivity contribution in [3.05, 3.63) is 60.4 Å². The van der Waals surface area contributed by atoms with Crippen molar-refractivity contribution in [3.63, 3.8) is 0 Å². The molecule has 1 amide bonds. The van der Waals surface area contributed by atoms with Gasteiger partial charge in [0.05, 0.1) is 11.0 Å². The van der Waals surface area contributed by atoms with Gasteiger partial charge in [-0.3, -0.25) is 4.79 Å². The maximum atomic E-state index is 13.5. The molecule has 4 rings (SSSR count). The van der Waals surface area contributed by atoms with Crippen LogP contribution in [0.2, 0.25) is 0 Å². The second-order valence-corrected chi connectivity index (χ2v) is 9.16. The van der Waals surface area contributed by atoms with E-state index in [1.54, 1.807) is 0 Å². The van der Waals surface area contributed by atoms with Gasteiger partial charge in [0.2, 0.25) is 5.91 Å². The molecule has 2 aromatic carbocycles. The third kappa shape index (κ3) is 5.39. The number of para-hydroxylation sites is 3. The lowest BCUT2D eigenvalue weighted by Crippen LogP contribution is -2.39. The highest BCUT2D eigenvalue weighted by atomic mass is 16.2. The van der Waals surface area contributed by atoms with Crippen LogP contribution in [0.5, 0.6) is 0 Å². The molecule has 0 saturated carbocycles. The van der Waals surface area contributed by atoms with Gasteiger partial charge < -0.3 is 14.4 Å². The molecule has 32 heavy (non-hydrogen) atoms. The summed E-state index contributed by atoms with van der Waals surface area (Å²) in [6, 6.07) is 18.2. The van der Waals surface area contributed by atoms with Gasteiger partial charge in [0.1, 0.15) is 12.4 Å². The van der Waals surface area contributed by atoms with Gasteiger partial charge in [-0.2, -0.15) is 0 Å². The fraction of sp³-hybridized carbons (Fsp3) is 0.481. The van der Waals surface area contributed by atoms with Crippen LogP contribution in [0.15, 0.2) is 54.6 Å². The third-order valence-corrected chi connectivity index (χ3v) is 6.42. The molecule has 1 aliphatic heterocycles. The highest BCUT2D eigenvalue weighted by molar-refractivity contribution is 5.94. The van der Waals surface area contributed by atoms with Gasteiger partial charge in [-0.05, 0) is 77.0 Å². The quantitative estimate of drug-likeness (QED) is 0.486. The lowest BCUT2D eigenvalue weighted by atomic mass is 10.2. The van der Waals surface area contributed by atoms with Crippen molar-refractivity contribution in [2.45, 2.75) is 65.0 Å². The summed E-state index contributed by atoms with van der Waals surface area (Å²) >= 11 is 0. The number of hydrogen-bond donors (Lipinski definition) is 0. The number of likely N-dealkylation sites (tertiary alicyclic amines) is 1. The first-order valence-corrected chi connectivity index (χ1v) is 12.2. The largest absolute Gasteiger partial charge is 0.318 e. The molecule has 1 aliphatic rings. The van der Waals surface area contributed by atoms with Crippen LogP contribution in [-0.4, -0.2) is 46.0 Å². The minimum atomic E-state index is 0.0890. The lowest BCUT2D eigenvalue weighted by molar-refractivity contribution is -0.119. The monoisotopic (exact) mass is 432 g/mol. The van der Waals surface area contributed by atoms with Crippen molar-refractivity contribution in [2.24, 2.45) is 0 Å². The first-order valence-electron chi connectivity index (χ1n) is 12.2. The number of carbonyl (C=O) groups is 1. The van der Waals surface area contributed by atoms with E-state index in [0.717, 1.165) is 41.9 Å². The van der Waals surface area contributed by atoms with Crippen LogP contribution in [0.25, 0.3) is 11.0 Å². The Balaban J connectivity index is 1.52. The fourth-order valence-corrected chi connectivity index (χ4v) is 4.84. The number of amides is 1. The van der Waals surface area contributed by atoms with E-state index in [9.17, 15) is 4.79 Å². The molecule has 1 saturated heterocycles.